The first-order chi connectivity index (χ1) is 9.92. The van der Waals surface area contributed by atoms with Crippen LogP contribution in [0.15, 0.2) is 30.3 Å². The van der Waals surface area contributed by atoms with E-state index in [2.05, 4.69) is 65.7 Å². The minimum atomic E-state index is 0.152. The zero-order valence-corrected chi connectivity index (χ0v) is 13.1. The molecule has 1 aromatic heterocycles. The summed E-state index contributed by atoms with van der Waals surface area (Å²) in [6, 6.07) is 10.2. The quantitative estimate of drug-likeness (QED) is 0.593. The Balaban J connectivity index is 2.22. The van der Waals surface area contributed by atoms with Gasteiger partial charge in [-0.1, -0.05) is 39.8 Å². The Morgan fingerprint density at radius 1 is 1.05 bits per heavy atom. The van der Waals surface area contributed by atoms with Crippen molar-refractivity contribution < 1.29 is 0 Å². The lowest BCUT2D eigenvalue weighted by Crippen LogP contribution is -2.12. The van der Waals surface area contributed by atoms with Gasteiger partial charge in [0.1, 0.15) is 17.5 Å². The van der Waals surface area contributed by atoms with E-state index in [0.717, 1.165) is 23.8 Å². The number of rotatable bonds is 4. The van der Waals surface area contributed by atoms with Gasteiger partial charge in [-0.15, -0.1) is 0 Å². The van der Waals surface area contributed by atoms with E-state index in [1.165, 1.54) is 5.56 Å². The topological polar surface area (TPSA) is 75.9 Å². The molecule has 0 aliphatic rings. The van der Waals surface area contributed by atoms with Crippen molar-refractivity contribution in [1.82, 2.24) is 9.97 Å². The van der Waals surface area contributed by atoms with Crippen molar-refractivity contribution in [1.29, 1.82) is 0 Å². The van der Waals surface area contributed by atoms with E-state index in [-0.39, 0.29) is 5.41 Å². The molecule has 2 rings (SSSR count). The van der Waals surface area contributed by atoms with Crippen LogP contribution in [0, 0.1) is 0 Å². The van der Waals surface area contributed by atoms with Gasteiger partial charge < -0.3 is 10.7 Å². The molecule has 4 N–H and O–H groups in total. The average molecular weight is 285 g/mol. The summed E-state index contributed by atoms with van der Waals surface area (Å²) in [7, 11) is 0. The van der Waals surface area contributed by atoms with Crippen molar-refractivity contribution in [3.05, 3.63) is 41.7 Å². The van der Waals surface area contributed by atoms with Gasteiger partial charge in [0.2, 0.25) is 0 Å². The number of aryl methyl sites for hydroxylation is 1. The van der Waals surface area contributed by atoms with E-state index in [1.54, 1.807) is 6.07 Å². The Bertz CT molecular complexity index is 577. The normalized spacial score (nSPS) is 11.3. The standard InChI is InChI=1S/C16H23N5/c1-5-13-19-14(10-15(20-13)21-17)18-12-8-6-11(7-9-12)16(2,3)4/h6-10H,5,17H2,1-4H3,(H2,18,19,20,21). The molecule has 0 spiro atoms. The first-order valence-electron chi connectivity index (χ1n) is 7.14. The molecule has 1 heterocycles. The number of nitrogen functional groups attached to an aromatic ring is 1. The Morgan fingerprint density at radius 3 is 2.19 bits per heavy atom. The number of benzene rings is 1. The summed E-state index contributed by atoms with van der Waals surface area (Å²) in [5, 5.41) is 3.29. The number of nitrogens with two attached hydrogens (primary N) is 1. The maximum atomic E-state index is 5.44. The molecule has 0 saturated carbocycles. The molecule has 112 valence electrons. The number of anilines is 3. The molecule has 0 radical (unpaired) electrons. The number of nitrogens with zero attached hydrogens (tertiary/aromatic N) is 2. The van der Waals surface area contributed by atoms with Crippen LogP contribution in [0.1, 0.15) is 39.1 Å². The lowest BCUT2D eigenvalue weighted by molar-refractivity contribution is 0.590. The van der Waals surface area contributed by atoms with Crippen LogP contribution in [0.5, 0.6) is 0 Å². The van der Waals surface area contributed by atoms with Gasteiger partial charge >= 0.3 is 0 Å². The molecule has 21 heavy (non-hydrogen) atoms. The summed E-state index contributed by atoms with van der Waals surface area (Å²) in [5.74, 6) is 7.53. The van der Waals surface area contributed by atoms with Gasteiger partial charge in [-0.2, -0.15) is 0 Å². The predicted octanol–water partition coefficient (Wildman–Crippen LogP) is 3.37. The predicted molar refractivity (Wildman–Crippen MR) is 87.6 cm³/mol. The molecule has 0 aliphatic heterocycles. The SMILES string of the molecule is CCc1nc(NN)cc(Nc2ccc(C(C)(C)C)cc2)n1. The summed E-state index contributed by atoms with van der Waals surface area (Å²) in [4.78, 5) is 8.72. The van der Waals surface area contributed by atoms with Crippen LogP contribution in [-0.4, -0.2) is 9.97 Å². The fourth-order valence-corrected chi connectivity index (χ4v) is 1.99. The molecule has 0 atom stereocenters. The van der Waals surface area contributed by atoms with Crippen molar-refractivity contribution in [3.8, 4) is 0 Å². The van der Waals surface area contributed by atoms with Gasteiger partial charge in [0, 0.05) is 18.2 Å². The molecule has 0 fully saturated rings. The number of nitrogens with one attached hydrogen (secondary N) is 2. The molecule has 2 aromatic rings. The van der Waals surface area contributed by atoms with Gasteiger partial charge in [0.25, 0.3) is 0 Å². The highest BCUT2D eigenvalue weighted by Crippen LogP contribution is 2.25. The van der Waals surface area contributed by atoms with E-state index in [1.807, 2.05) is 6.92 Å². The van der Waals surface area contributed by atoms with Crippen molar-refractivity contribution >= 4 is 17.3 Å². The molecule has 0 unspecified atom stereocenters. The van der Waals surface area contributed by atoms with Crippen LogP contribution in [0.25, 0.3) is 0 Å². The largest absolute Gasteiger partial charge is 0.340 e. The van der Waals surface area contributed by atoms with E-state index >= 15 is 0 Å². The van der Waals surface area contributed by atoms with Crippen LogP contribution < -0.4 is 16.6 Å². The monoisotopic (exact) mass is 285 g/mol. The van der Waals surface area contributed by atoms with E-state index < -0.39 is 0 Å². The Morgan fingerprint density at radius 2 is 1.67 bits per heavy atom. The Kier molecular flexibility index (Phi) is 4.43. The highest BCUT2D eigenvalue weighted by molar-refractivity contribution is 5.59. The van der Waals surface area contributed by atoms with Gasteiger partial charge in [0.05, 0.1) is 0 Å². The number of hydrogen-bond donors (Lipinski definition) is 3. The molecular formula is C16H23N5. The van der Waals surface area contributed by atoms with Crippen LogP contribution in [-0.2, 0) is 11.8 Å². The maximum Gasteiger partial charge on any atom is 0.145 e. The highest BCUT2D eigenvalue weighted by atomic mass is 15.3. The molecule has 0 bridgehead atoms. The maximum absolute atomic E-state index is 5.44. The first kappa shape index (κ1) is 15.3. The fraction of sp³-hybridized carbons (Fsp3) is 0.375. The van der Waals surface area contributed by atoms with Crippen LogP contribution >= 0.6 is 0 Å². The zero-order valence-electron chi connectivity index (χ0n) is 13.1. The van der Waals surface area contributed by atoms with E-state index in [0.29, 0.717) is 5.82 Å². The third kappa shape index (κ3) is 3.92. The lowest BCUT2D eigenvalue weighted by atomic mass is 9.87. The first-order valence-corrected chi connectivity index (χ1v) is 7.14. The summed E-state index contributed by atoms with van der Waals surface area (Å²) >= 11 is 0. The molecule has 1 aromatic carbocycles. The van der Waals surface area contributed by atoms with Crippen LogP contribution in [0.3, 0.4) is 0 Å². The fourth-order valence-electron chi connectivity index (χ4n) is 1.99. The summed E-state index contributed by atoms with van der Waals surface area (Å²) in [6.45, 7) is 8.61. The smallest absolute Gasteiger partial charge is 0.145 e. The van der Waals surface area contributed by atoms with Gasteiger partial charge in [-0.05, 0) is 23.1 Å². The van der Waals surface area contributed by atoms with Crippen LogP contribution in [0.4, 0.5) is 17.3 Å². The zero-order chi connectivity index (χ0) is 15.5. The van der Waals surface area contributed by atoms with E-state index in [4.69, 9.17) is 5.84 Å². The second kappa shape index (κ2) is 6.10. The lowest BCUT2D eigenvalue weighted by Gasteiger charge is -2.19. The summed E-state index contributed by atoms with van der Waals surface area (Å²) < 4.78 is 0. The highest BCUT2D eigenvalue weighted by Gasteiger charge is 2.13. The van der Waals surface area contributed by atoms with Crippen molar-refractivity contribution in [3.63, 3.8) is 0 Å². The average Bonchev–Trinajstić information content (AvgIpc) is 2.46. The van der Waals surface area contributed by atoms with Gasteiger partial charge in [-0.25, -0.2) is 15.8 Å². The second-order valence-corrected chi connectivity index (χ2v) is 6.00. The Hall–Kier alpha value is -2.14. The van der Waals surface area contributed by atoms with Crippen molar-refractivity contribution in [2.45, 2.75) is 39.5 Å². The minimum absolute atomic E-state index is 0.152. The van der Waals surface area contributed by atoms with E-state index in [9.17, 15) is 0 Å². The summed E-state index contributed by atoms with van der Waals surface area (Å²) in [6.07, 6.45) is 0.757. The second-order valence-electron chi connectivity index (χ2n) is 6.00. The summed E-state index contributed by atoms with van der Waals surface area (Å²) in [5.41, 5.74) is 5.01. The number of aromatic nitrogens is 2. The molecular weight excluding hydrogens is 262 g/mol. The third-order valence-corrected chi connectivity index (χ3v) is 3.26. The minimum Gasteiger partial charge on any atom is -0.340 e. The van der Waals surface area contributed by atoms with Crippen molar-refractivity contribution in [2.24, 2.45) is 5.84 Å². The third-order valence-electron chi connectivity index (χ3n) is 3.26. The molecule has 0 aliphatic carbocycles. The number of hydrazine groups is 1. The molecule has 5 nitrogen and oxygen atoms in total. The molecule has 0 saturated heterocycles. The molecule has 0 amide bonds. The van der Waals surface area contributed by atoms with Crippen LogP contribution in [0.2, 0.25) is 0 Å². The Labute approximate surface area is 126 Å². The molecule has 5 heteroatoms. The van der Waals surface area contributed by atoms with Gasteiger partial charge in [0.15, 0.2) is 0 Å². The van der Waals surface area contributed by atoms with Crippen molar-refractivity contribution in [2.75, 3.05) is 10.7 Å². The van der Waals surface area contributed by atoms with Gasteiger partial charge in [-0.3, -0.25) is 0 Å². The number of hydrogen-bond acceptors (Lipinski definition) is 5.